The van der Waals surface area contributed by atoms with Gasteiger partial charge >= 0.3 is 0 Å². The molecule has 0 radical (unpaired) electrons. The largest absolute Gasteiger partial charge is 0.310 e. The molecule has 0 spiro atoms. The Hall–Kier alpha value is -1.08. The fraction of sp³-hybridized carbons (Fsp3) is 0.500. The summed E-state index contributed by atoms with van der Waals surface area (Å²) in [4.78, 5) is 0. The van der Waals surface area contributed by atoms with Crippen LogP contribution in [-0.2, 0) is 6.42 Å². The first kappa shape index (κ1) is 14.0. The van der Waals surface area contributed by atoms with E-state index in [0.717, 1.165) is 25.8 Å². The molecule has 0 saturated heterocycles. The SMILES string of the molecule is C=C(C)CCC(NCC)c1ccc(CC)cc1. The topological polar surface area (TPSA) is 12.0 Å². The van der Waals surface area contributed by atoms with E-state index in [2.05, 4.69) is 56.9 Å². The number of nitrogens with one attached hydrogen (secondary N) is 1. The second kappa shape index (κ2) is 7.29. The molecule has 0 aromatic heterocycles. The van der Waals surface area contributed by atoms with Crippen molar-refractivity contribution in [3.05, 3.63) is 47.5 Å². The van der Waals surface area contributed by atoms with E-state index >= 15 is 0 Å². The van der Waals surface area contributed by atoms with E-state index in [9.17, 15) is 0 Å². The predicted octanol–water partition coefficient (Wildman–Crippen LogP) is 4.26. The molecule has 0 heterocycles. The van der Waals surface area contributed by atoms with Gasteiger partial charge in [0.2, 0.25) is 0 Å². The third kappa shape index (κ3) is 4.74. The van der Waals surface area contributed by atoms with Gasteiger partial charge in [0.25, 0.3) is 0 Å². The van der Waals surface area contributed by atoms with Crippen LogP contribution >= 0.6 is 0 Å². The zero-order valence-electron chi connectivity index (χ0n) is 11.4. The van der Waals surface area contributed by atoms with Crippen molar-refractivity contribution in [3.63, 3.8) is 0 Å². The second-order valence-electron chi connectivity index (χ2n) is 4.70. The Bertz CT molecular complexity index is 337. The Balaban J connectivity index is 2.70. The second-order valence-corrected chi connectivity index (χ2v) is 4.70. The van der Waals surface area contributed by atoms with Gasteiger partial charge < -0.3 is 5.32 Å². The number of aryl methyl sites for hydroxylation is 1. The van der Waals surface area contributed by atoms with Gasteiger partial charge in [-0.15, -0.1) is 6.58 Å². The van der Waals surface area contributed by atoms with Crippen LogP contribution in [0.5, 0.6) is 0 Å². The Morgan fingerprint density at radius 2 is 1.88 bits per heavy atom. The molecule has 94 valence electrons. The lowest BCUT2D eigenvalue weighted by Crippen LogP contribution is -2.20. The molecular weight excluding hydrogens is 206 g/mol. The van der Waals surface area contributed by atoms with Gasteiger partial charge in [-0.25, -0.2) is 0 Å². The molecule has 0 aliphatic rings. The average molecular weight is 231 g/mol. The molecular formula is C16H25N. The van der Waals surface area contributed by atoms with Gasteiger partial charge in [0.1, 0.15) is 0 Å². The van der Waals surface area contributed by atoms with Crippen molar-refractivity contribution >= 4 is 0 Å². The molecule has 0 amide bonds. The summed E-state index contributed by atoms with van der Waals surface area (Å²) in [6.45, 7) is 11.4. The van der Waals surface area contributed by atoms with Crippen LogP contribution in [0.4, 0.5) is 0 Å². The molecule has 1 heteroatoms. The summed E-state index contributed by atoms with van der Waals surface area (Å²) in [5, 5.41) is 3.55. The van der Waals surface area contributed by atoms with Gasteiger partial charge in [0.05, 0.1) is 0 Å². The smallest absolute Gasteiger partial charge is 0.0323 e. The van der Waals surface area contributed by atoms with Crippen LogP contribution in [0.1, 0.15) is 50.8 Å². The molecule has 0 saturated carbocycles. The monoisotopic (exact) mass is 231 g/mol. The third-order valence-corrected chi connectivity index (χ3v) is 3.10. The summed E-state index contributed by atoms with van der Waals surface area (Å²) in [7, 11) is 0. The van der Waals surface area contributed by atoms with E-state index in [1.807, 2.05) is 0 Å². The molecule has 1 rings (SSSR count). The highest BCUT2D eigenvalue weighted by molar-refractivity contribution is 5.25. The van der Waals surface area contributed by atoms with E-state index < -0.39 is 0 Å². The number of hydrogen-bond donors (Lipinski definition) is 1. The highest BCUT2D eigenvalue weighted by Crippen LogP contribution is 2.21. The van der Waals surface area contributed by atoms with Crippen LogP contribution in [0.3, 0.4) is 0 Å². The Morgan fingerprint density at radius 1 is 1.24 bits per heavy atom. The summed E-state index contributed by atoms with van der Waals surface area (Å²) in [5.41, 5.74) is 4.06. The molecule has 0 aliphatic carbocycles. The zero-order chi connectivity index (χ0) is 12.7. The highest BCUT2D eigenvalue weighted by atomic mass is 14.9. The van der Waals surface area contributed by atoms with Crippen molar-refractivity contribution in [2.45, 2.75) is 46.1 Å². The van der Waals surface area contributed by atoms with Crippen LogP contribution in [0.25, 0.3) is 0 Å². The lowest BCUT2D eigenvalue weighted by Gasteiger charge is -2.18. The van der Waals surface area contributed by atoms with E-state index in [1.54, 1.807) is 0 Å². The van der Waals surface area contributed by atoms with Crippen LogP contribution in [0.2, 0.25) is 0 Å². The minimum absolute atomic E-state index is 0.461. The van der Waals surface area contributed by atoms with Crippen molar-refractivity contribution in [2.75, 3.05) is 6.54 Å². The molecule has 1 N–H and O–H groups in total. The van der Waals surface area contributed by atoms with Crippen molar-refractivity contribution < 1.29 is 0 Å². The first-order valence-corrected chi connectivity index (χ1v) is 6.64. The van der Waals surface area contributed by atoms with E-state index in [-0.39, 0.29) is 0 Å². The highest BCUT2D eigenvalue weighted by Gasteiger charge is 2.09. The van der Waals surface area contributed by atoms with Crippen LogP contribution in [0, 0.1) is 0 Å². The molecule has 1 aromatic rings. The lowest BCUT2D eigenvalue weighted by atomic mass is 9.98. The minimum Gasteiger partial charge on any atom is -0.310 e. The van der Waals surface area contributed by atoms with Gasteiger partial charge in [-0.1, -0.05) is 43.7 Å². The number of allylic oxidation sites excluding steroid dienone is 1. The summed E-state index contributed by atoms with van der Waals surface area (Å²) in [5.74, 6) is 0. The predicted molar refractivity (Wildman–Crippen MR) is 76.3 cm³/mol. The molecule has 1 nitrogen and oxygen atoms in total. The van der Waals surface area contributed by atoms with Gasteiger partial charge in [-0.3, -0.25) is 0 Å². The maximum absolute atomic E-state index is 3.98. The maximum atomic E-state index is 3.98. The van der Waals surface area contributed by atoms with Gasteiger partial charge in [-0.05, 0) is 43.9 Å². The van der Waals surface area contributed by atoms with Crippen LogP contribution < -0.4 is 5.32 Å². The van der Waals surface area contributed by atoms with E-state index in [1.165, 1.54) is 16.7 Å². The van der Waals surface area contributed by atoms with Crippen molar-refractivity contribution in [1.29, 1.82) is 0 Å². The summed E-state index contributed by atoms with van der Waals surface area (Å²) in [6.07, 6.45) is 3.33. The van der Waals surface area contributed by atoms with Crippen molar-refractivity contribution in [1.82, 2.24) is 5.32 Å². The van der Waals surface area contributed by atoms with Crippen LogP contribution in [0.15, 0.2) is 36.4 Å². The first-order chi connectivity index (χ1) is 8.17. The summed E-state index contributed by atoms with van der Waals surface area (Å²) >= 11 is 0. The van der Waals surface area contributed by atoms with Gasteiger partial charge in [0, 0.05) is 6.04 Å². The quantitative estimate of drug-likeness (QED) is 0.692. The fourth-order valence-electron chi connectivity index (χ4n) is 2.01. The van der Waals surface area contributed by atoms with Crippen molar-refractivity contribution in [3.8, 4) is 0 Å². The lowest BCUT2D eigenvalue weighted by molar-refractivity contribution is 0.514. The Morgan fingerprint density at radius 3 is 2.35 bits per heavy atom. The number of benzene rings is 1. The average Bonchev–Trinajstić information content (AvgIpc) is 2.34. The standard InChI is InChI=1S/C16H25N/c1-5-14-8-10-15(11-9-14)16(17-6-2)12-7-13(3)4/h8-11,16-17H,3,5-7,12H2,1-2,4H3. The third-order valence-electron chi connectivity index (χ3n) is 3.10. The molecule has 17 heavy (non-hydrogen) atoms. The minimum atomic E-state index is 0.461. The molecule has 0 fully saturated rings. The maximum Gasteiger partial charge on any atom is 0.0323 e. The Labute approximate surface area is 106 Å². The first-order valence-electron chi connectivity index (χ1n) is 6.64. The number of hydrogen-bond acceptors (Lipinski definition) is 1. The fourth-order valence-corrected chi connectivity index (χ4v) is 2.01. The van der Waals surface area contributed by atoms with E-state index in [0.29, 0.717) is 6.04 Å². The summed E-state index contributed by atoms with van der Waals surface area (Å²) < 4.78 is 0. The molecule has 1 aromatic carbocycles. The van der Waals surface area contributed by atoms with Crippen LogP contribution in [-0.4, -0.2) is 6.54 Å². The molecule has 1 unspecified atom stereocenters. The number of rotatable bonds is 7. The zero-order valence-corrected chi connectivity index (χ0v) is 11.4. The normalized spacial score (nSPS) is 12.4. The molecule has 0 bridgehead atoms. The summed E-state index contributed by atoms with van der Waals surface area (Å²) in [6, 6.07) is 9.44. The van der Waals surface area contributed by atoms with Gasteiger partial charge in [0.15, 0.2) is 0 Å². The van der Waals surface area contributed by atoms with Crippen molar-refractivity contribution in [2.24, 2.45) is 0 Å². The molecule has 0 aliphatic heterocycles. The van der Waals surface area contributed by atoms with Gasteiger partial charge in [-0.2, -0.15) is 0 Å². The molecule has 1 atom stereocenters. The van der Waals surface area contributed by atoms with E-state index in [4.69, 9.17) is 0 Å². The Kier molecular flexibility index (Phi) is 5.99.